The van der Waals surface area contributed by atoms with Gasteiger partial charge < -0.3 is 19.3 Å². The van der Waals surface area contributed by atoms with Gasteiger partial charge in [-0.3, -0.25) is 4.79 Å². The second kappa shape index (κ2) is 7.74. The molecule has 0 aliphatic rings. The predicted molar refractivity (Wildman–Crippen MR) is 97.4 cm³/mol. The molecule has 1 N–H and O–H groups in total. The summed E-state index contributed by atoms with van der Waals surface area (Å²) in [5, 5.41) is 6.78. The Bertz CT molecular complexity index is 890. The van der Waals surface area contributed by atoms with Gasteiger partial charge in [0.25, 0.3) is 5.91 Å². The van der Waals surface area contributed by atoms with E-state index in [4.69, 9.17) is 14.0 Å². The molecule has 6 nitrogen and oxygen atoms in total. The number of nitrogens with one attached hydrogen (secondary N) is 1. The molecule has 1 amide bonds. The highest BCUT2D eigenvalue weighted by atomic mass is 16.5. The van der Waals surface area contributed by atoms with Gasteiger partial charge in [0, 0.05) is 11.6 Å². The second-order valence-corrected chi connectivity index (χ2v) is 5.75. The number of hydrogen-bond acceptors (Lipinski definition) is 5. The predicted octanol–water partition coefficient (Wildman–Crippen LogP) is 3.85. The molecule has 1 heterocycles. The van der Waals surface area contributed by atoms with Crippen molar-refractivity contribution in [1.82, 2.24) is 10.5 Å². The van der Waals surface area contributed by atoms with E-state index in [1.807, 2.05) is 49.4 Å². The van der Waals surface area contributed by atoms with Gasteiger partial charge in [0.2, 0.25) is 0 Å². The third kappa shape index (κ3) is 3.69. The Kier molecular flexibility index (Phi) is 5.22. The van der Waals surface area contributed by atoms with Crippen LogP contribution in [0, 0.1) is 0 Å². The first-order valence-electron chi connectivity index (χ1n) is 8.17. The van der Waals surface area contributed by atoms with Gasteiger partial charge in [0.05, 0.1) is 20.3 Å². The Balaban J connectivity index is 1.73. The van der Waals surface area contributed by atoms with Crippen molar-refractivity contribution in [2.45, 2.75) is 13.0 Å². The molecule has 0 saturated carbocycles. The standard InChI is InChI=1S/C20H20N2O4/c1-13(15-9-10-17(24-2)19(11-15)25-3)21-20(23)16-12-18(26-22-16)14-7-5-4-6-8-14/h4-13H,1-3H3,(H,21,23). The number of carbonyl (C=O) groups excluding carboxylic acids is 1. The van der Waals surface area contributed by atoms with Gasteiger partial charge in [-0.1, -0.05) is 41.6 Å². The van der Waals surface area contributed by atoms with Crippen molar-refractivity contribution < 1.29 is 18.8 Å². The van der Waals surface area contributed by atoms with Crippen LogP contribution in [-0.2, 0) is 0 Å². The molecule has 3 aromatic rings. The largest absolute Gasteiger partial charge is 0.493 e. The maximum absolute atomic E-state index is 12.5. The quantitative estimate of drug-likeness (QED) is 0.729. The number of methoxy groups -OCH3 is 2. The monoisotopic (exact) mass is 352 g/mol. The average Bonchev–Trinajstić information content (AvgIpc) is 3.18. The Hall–Kier alpha value is -3.28. The van der Waals surface area contributed by atoms with Gasteiger partial charge in [0.15, 0.2) is 23.0 Å². The molecule has 0 saturated heterocycles. The SMILES string of the molecule is COc1ccc(C(C)NC(=O)c2cc(-c3ccccc3)on2)cc1OC. The molecular weight excluding hydrogens is 332 g/mol. The highest BCUT2D eigenvalue weighted by Gasteiger charge is 2.17. The number of nitrogens with zero attached hydrogens (tertiary/aromatic N) is 1. The van der Waals surface area contributed by atoms with Crippen LogP contribution in [0.1, 0.15) is 29.0 Å². The Labute approximate surface area is 151 Å². The van der Waals surface area contributed by atoms with Crippen molar-refractivity contribution in [3.05, 3.63) is 65.9 Å². The first-order valence-corrected chi connectivity index (χ1v) is 8.17. The summed E-state index contributed by atoms with van der Waals surface area (Å²) >= 11 is 0. The molecule has 0 spiro atoms. The number of aromatic nitrogens is 1. The van der Waals surface area contributed by atoms with E-state index in [2.05, 4.69) is 10.5 Å². The fourth-order valence-corrected chi connectivity index (χ4v) is 2.60. The molecule has 1 atom stereocenters. The van der Waals surface area contributed by atoms with Gasteiger partial charge in [-0.05, 0) is 24.6 Å². The highest BCUT2D eigenvalue weighted by molar-refractivity contribution is 5.93. The molecule has 0 aliphatic carbocycles. The van der Waals surface area contributed by atoms with Crippen LogP contribution in [-0.4, -0.2) is 25.3 Å². The van der Waals surface area contributed by atoms with E-state index in [1.54, 1.807) is 26.4 Å². The van der Waals surface area contributed by atoms with Crippen LogP contribution < -0.4 is 14.8 Å². The van der Waals surface area contributed by atoms with Gasteiger partial charge in [0.1, 0.15) is 0 Å². The van der Waals surface area contributed by atoms with E-state index >= 15 is 0 Å². The molecule has 0 aliphatic heterocycles. The van der Waals surface area contributed by atoms with Crippen LogP contribution in [0.3, 0.4) is 0 Å². The van der Waals surface area contributed by atoms with Crippen molar-refractivity contribution in [2.75, 3.05) is 14.2 Å². The summed E-state index contributed by atoms with van der Waals surface area (Å²) < 4.78 is 15.8. The number of amides is 1. The first-order chi connectivity index (χ1) is 12.6. The van der Waals surface area contributed by atoms with Crippen LogP contribution >= 0.6 is 0 Å². The van der Waals surface area contributed by atoms with Crippen LogP contribution in [0.4, 0.5) is 0 Å². The topological polar surface area (TPSA) is 73.6 Å². The van der Waals surface area contributed by atoms with E-state index in [0.717, 1.165) is 11.1 Å². The number of carbonyl (C=O) groups is 1. The lowest BCUT2D eigenvalue weighted by atomic mass is 10.1. The normalized spacial score (nSPS) is 11.7. The lowest BCUT2D eigenvalue weighted by molar-refractivity contribution is 0.0930. The molecule has 1 unspecified atom stereocenters. The van der Waals surface area contributed by atoms with E-state index < -0.39 is 0 Å². The van der Waals surface area contributed by atoms with Crippen LogP contribution in [0.25, 0.3) is 11.3 Å². The Morgan fingerprint density at radius 3 is 2.46 bits per heavy atom. The maximum atomic E-state index is 12.5. The Morgan fingerprint density at radius 1 is 1.04 bits per heavy atom. The third-order valence-electron chi connectivity index (χ3n) is 4.06. The van der Waals surface area contributed by atoms with Gasteiger partial charge in [-0.15, -0.1) is 0 Å². The van der Waals surface area contributed by atoms with Crippen LogP contribution in [0.2, 0.25) is 0 Å². The molecule has 3 rings (SSSR count). The zero-order valence-corrected chi connectivity index (χ0v) is 14.9. The van der Waals surface area contributed by atoms with Gasteiger partial charge >= 0.3 is 0 Å². The zero-order chi connectivity index (χ0) is 18.5. The second-order valence-electron chi connectivity index (χ2n) is 5.75. The van der Waals surface area contributed by atoms with Crippen molar-refractivity contribution in [2.24, 2.45) is 0 Å². The summed E-state index contributed by atoms with van der Waals surface area (Å²) in [4.78, 5) is 12.5. The smallest absolute Gasteiger partial charge is 0.273 e. The summed E-state index contributed by atoms with van der Waals surface area (Å²) in [6.07, 6.45) is 0. The van der Waals surface area contributed by atoms with Crippen molar-refractivity contribution in [1.29, 1.82) is 0 Å². The summed E-state index contributed by atoms with van der Waals surface area (Å²) in [6.45, 7) is 1.89. The average molecular weight is 352 g/mol. The molecule has 26 heavy (non-hydrogen) atoms. The Morgan fingerprint density at radius 2 is 1.77 bits per heavy atom. The van der Waals surface area contributed by atoms with Gasteiger partial charge in [-0.25, -0.2) is 0 Å². The third-order valence-corrected chi connectivity index (χ3v) is 4.06. The van der Waals surface area contributed by atoms with E-state index in [-0.39, 0.29) is 17.6 Å². The lowest BCUT2D eigenvalue weighted by Gasteiger charge is -2.15. The molecule has 1 aromatic heterocycles. The summed E-state index contributed by atoms with van der Waals surface area (Å²) in [5.41, 5.74) is 1.99. The number of ether oxygens (including phenoxy) is 2. The van der Waals surface area contributed by atoms with Gasteiger partial charge in [-0.2, -0.15) is 0 Å². The molecule has 2 aromatic carbocycles. The molecule has 0 bridgehead atoms. The summed E-state index contributed by atoms with van der Waals surface area (Å²) in [5.74, 6) is 1.49. The fraction of sp³-hybridized carbons (Fsp3) is 0.200. The minimum absolute atomic E-state index is 0.233. The highest BCUT2D eigenvalue weighted by Crippen LogP contribution is 2.30. The zero-order valence-electron chi connectivity index (χ0n) is 14.9. The molecule has 0 fully saturated rings. The molecule has 134 valence electrons. The van der Waals surface area contributed by atoms with Crippen molar-refractivity contribution >= 4 is 5.91 Å². The summed E-state index contributed by atoms with van der Waals surface area (Å²) in [7, 11) is 3.16. The minimum Gasteiger partial charge on any atom is -0.493 e. The van der Waals surface area contributed by atoms with E-state index in [1.165, 1.54) is 0 Å². The summed E-state index contributed by atoms with van der Waals surface area (Å²) in [6, 6.07) is 16.4. The number of hydrogen-bond donors (Lipinski definition) is 1. The maximum Gasteiger partial charge on any atom is 0.273 e. The van der Waals surface area contributed by atoms with E-state index in [9.17, 15) is 4.79 Å². The first kappa shape index (κ1) is 17.5. The number of benzene rings is 2. The number of rotatable bonds is 6. The van der Waals surface area contributed by atoms with Crippen molar-refractivity contribution in [3.63, 3.8) is 0 Å². The fourth-order valence-electron chi connectivity index (χ4n) is 2.60. The molecule has 6 heteroatoms. The van der Waals surface area contributed by atoms with Crippen molar-refractivity contribution in [3.8, 4) is 22.8 Å². The lowest BCUT2D eigenvalue weighted by Crippen LogP contribution is -2.26. The van der Waals surface area contributed by atoms with E-state index in [0.29, 0.717) is 17.3 Å². The minimum atomic E-state index is -0.307. The van der Waals surface area contributed by atoms with Crippen LogP contribution in [0.5, 0.6) is 11.5 Å². The molecular formula is C20H20N2O4. The van der Waals surface area contributed by atoms with Crippen LogP contribution in [0.15, 0.2) is 59.1 Å². The molecule has 0 radical (unpaired) electrons.